The molecule has 0 aromatic heterocycles. The summed E-state index contributed by atoms with van der Waals surface area (Å²) in [6, 6.07) is 9.95. The highest BCUT2D eigenvalue weighted by molar-refractivity contribution is 5.78. The highest BCUT2D eigenvalue weighted by Gasteiger charge is 2.24. The van der Waals surface area contributed by atoms with Gasteiger partial charge < -0.3 is 14.5 Å². The van der Waals surface area contributed by atoms with Crippen molar-refractivity contribution in [2.75, 3.05) is 46.9 Å². The largest absolute Gasteiger partial charge is 0.384 e. The maximum Gasteiger partial charge on any atom is 0.227 e. The van der Waals surface area contributed by atoms with E-state index in [9.17, 15) is 4.79 Å². The molecule has 1 aliphatic rings. The Kier molecular flexibility index (Phi) is 5.56. The van der Waals surface area contributed by atoms with Crippen molar-refractivity contribution in [1.82, 2.24) is 9.80 Å². The van der Waals surface area contributed by atoms with Gasteiger partial charge in [0.15, 0.2) is 0 Å². The number of hydrogen-bond acceptors (Lipinski definition) is 3. The lowest BCUT2D eigenvalue weighted by Crippen LogP contribution is -2.37. The first kappa shape index (κ1) is 15.0. The van der Waals surface area contributed by atoms with Crippen molar-refractivity contribution in [3.05, 3.63) is 35.9 Å². The topological polar surface area (TPSA) is 32.8 Å². The number of methoxy groups -OCH3 is 1. The fourth-order valence-corrected chi connectivity index (χ4v) is 2.73. The van der Waals surface area contributed by atoms with E-state index in [1.165, 1.54) is 0 Å². The van der Waals surface area contributed by atoms with E-state index in [1.54, 1.807) is 7.11 Å². The van der Waals surface area contributed by atoms with Gasteiger partial charge in [-0.05, 0) is 12.6 Å². The Morgan fingerprint density at radius 1 is 1.25 bits per heavy atom. The molecule has 0 bridgehead atoms. The number of carbonyl (C=O) groups is 1. The Balaban J connectivity index is 1.97. The zero-order valence-electron chi connectivity index (χ0n) is 12.4. The van der Waals surface area contributed by atoms with Crippen molar-refractivity contribution < 1.29 is 9.53 Å². The molecule has 0 radical (unpaired) electrons. The minimum Gasteiger partial charge on any atom is -0.384 e. The molecule has 0 N–H and O–H groups in total. The molecule has 1 atom stereocenters. The van der Waals surface area contributed by atoms with Crippen LogP contribution >= 0.6 is 0 Å². The standard InChI is InChI=1S/C16H24N2O2/c1-17-8-9-18(12-15(11-17)13-20-2)16(19)10-14-6-4-3-5-7-14/h3-7,15H,8-13H2,1-2H3/t15-/m0/s1. The van der Waals surface area contributed by atoms with Crippen LogP contribution < -0.4 is 0 Å². The molecule has 1 fully saturated rings. The van der Waals surface area contributed by atoms with Gasteiger partial charge in [-0.3, -0.25) is 4.79 Å². The van der Waals surface area contributed by atoms with Crippen LogP contribution in [0.2, 0.25) is 0 Å². The average molecular weight is 276 g/mol. The lowest BCUT2D eigenvalue weighted by molar-refractivity contribution is -0.130. The molecule has 1 amide bonds. The van der Waals surface area contributed by atoms with Crippen LogP contribution in [-0.2, 0) is 16.0 Å². The number of carbonyl (C=O) groups excluding carboxylic acids is 1. The van der Waals surface area contributed by atoms with Crippen LogP contribution in [0.4, 0.5) is 0 Å². The SMILES string of the molecule is COC[C@H]1CN(C)CCN(C(=O)Cc2ccccc2)C1. The molecule has 20 heavy (non-hydrogen) atoms. The van der Waals surface area contributed by atoms with Gasteiger partial charge in [0.2, 0.25) is 5.91 Å². The summed E-state index contributed by atoms with van der Waals surface area (Å²) < 4.78 is 5.27. The second kappa shape index (κ2) is 7.41. The van der Waals surface area contributed by atoms with E-state index in [0.29, 0.717) is 18.9 Å². The molecule has 110 valence electrons. The quantitative estimate of drug-likeness (QED) is 0.830. The predicted octanol–water partition coefficient (Wildman–Crippen LogP) is 1.27. The molecular formula is C16H24N2O2. The van der Waals surface area contributed by atoms with Gasteiger partial charge in [-0.2, -0.15) is 0 Å². The molecule has 4 heteroatoms. The van der Waals surface area contributed by atoms with Crippen LogP contribution in [0.25, 0.3) is 0 Å². The molecule has 0 saturated carbocycles. The van der Waals surface area contributed by atoms with Crippen molar-refractivity contribution in [2.24, 2.45) is 5.92 Å². The molecular weight excluding hydrogens is 252 g/mol. The van der Waals surface area contributed by atoms with Crippen molar-refractivity contribution >= 4 is 5.91 Å². The molecule has 1 aliphatic heterocycles. The zero-order valence-corrected chi connectivity index (χ0v) is 12.4. The van der Waals surface area contributed by atoms with Crippen LogP contribution in [0.15, 0.2) is 30.3 Å². The third-order valence-corrected chi connectivity index (χ3v) is 3.75. The van der Waals surface area contributed by atoms with Gasteiger partial charge in [-0.15, -0.1) is 0 Å². The minimum absolute atomic E-state index is 0.215. The van der Waals surface area contributed by atoms with E-state index in [0.717, 1.165) is 31.7 Å². The Hall–Kier alpha value is -1.39. The van der Waals surface area contributed by atoms with Crippen molar-refractivity contribution in [1.29, 1.82) is 0 Å². The third-order valence-electron chi connectivity index (χ3n) is 3.75. The fourth-order valence-electron chi connectivity index (χ4n) is 2.73. The van der Waals surface area contributed by atoms with Gasteiger partial charge in [0.05, 0.1) is 13.0 Å². The van der Waals surface area contributed by atoms with Crippen LogP contribution in [0.5, 0.6) is 0 Å². The Labute approximate surface area is 121 Å². The number of likely N-dealkylation sites (N-methyl/N-ethyl adjacent to an activating group) is 1. The van der Waals surface area contributed by atoms with Gasteiger partial charge in [0, 0.05) is 39.2 Å². The molecule has 0 aliphatic carbocycles. The van der Waals surface area contributed by atoms with Gasteiger partial charge in [0.1, 0.15) is 0 Å². The van der Waals surface area contributed by atoms with Crippen molar-refractivity contribution in [3.8, 4) is 0 Å². The van der Waals surface area contributed by atoms with Crippen LogP contribution in [0, 0.1) is 5.92 Å². The first-order valence-corrected chi connectivity index (χ1v) is 7.18. The fraction of sp³-hybridized carbons (Fsp3) is 0.562. The summed E-state index contributed by atoms with van der Waals surface area (Å²) in [5, 5.41) is 0. The Morgan fingerprint density at radius 3 is 2.70 bits per heavy atom. The summed E-state index contributed by atoms with van der Waals surface area (Å²) in [7, 11) is 3.83. The van der Waals surface area contributed by atoms with Crippen molar-refractivity contribution in [3.63, 3.8) is 0 Å². The van der Waals surface area contributed by atoms with Crippen molar-refractivity contribution in [2.45, 2.75) is 6.42 Å². The van der Waals surface area contributed by atoms with Gasteiger partial charge >= 0.3 is 0 Å². The summed E-state index contributed by atoms with van der Waals surface area (Å²) in [5.41, 5.74) is 1.08. The van der Waals surface area contributed by atoms with Crippen LogP contribution in [0.3, 0.4) is 0 Å². The first-order chi connectivity index (χ1) is 9.69. The second-order valence-electron chi connectivity index (χ2n) is 5.59. The number of nitrogens with zero attached hydrogens (tertiary/aromatic N) is 2. The van der Waals surface area contributed by atoms with E-state index in [-0.39, 0.29) is 5.91 Å². The Bertz CT molecular complexity index is 422. The summed E-state index contributed by atoms with van der Waals surface area (Å²) in [6.07, 6.45) is 0.490. The monoisotopic (exact) mass is 276 g/mol. The van der Waals surface area contributed by atoms with Gasteiger partial charge in [-0.25, -0.2) is 0 Å². The predicted molar refractivity (Wildman–Crippen MR) is 79.6 cm³/mol. The second-order valence-corrected chi connectivity index (χ2v) is 5.59. The number of benzene rings is 1. The highest BCUT2D eigenvalue weighted by atomic mass is 16.5. The zero-order chi connectivity index (χ0) is 14.4. The van der Waals surface area contributed by atoms with Crippen LogP contribution in [-0.4, -0.2) is 62.7 Å². The number of hydrogen-bond donors (Lipinski definition) is 0. The molecule has 1 aromatic rings. The number of amides is 1. The molecule has 4 nitrogen and oxygen atoms in total. The molecule has 0 spiro atoms. The van der Waals surface area contributed by atoms with E-state index < -0.39 is 0 Å². The third kappa shape index (κ3) is 4.32. The number of ether oxygens (including phenoxy) is 1. The summed E-state index contributed by atoms with van der Waals surface area (Å²) >= 11 is 0. The van der Waals surface area contributed by atoms with E-state index >= 15 is 0 Å². The normalized spacial score (nSPS) is 20.7. The number of rotatable bonds is 4. The molecule has 1 heterocycles. The summed E-state index contributed by atoms with van der Waals surface area (Å²) in [4.78, 5) is 16.7. The van der Waals surface area contributed by atoms with E-state index in [1.807, 2.05) is 35.2 Å². The smallest absolute Gasteiger partial charge is 0.227 e. The summed E-state index contributed by atoms with van der Waals surface area (Å²) in [5.74, 6) is 0.611. The molecule has 2 rings (SSSR count). The Morgan fingerprint density at radius 2 is 2.00 bits per heavy atom. The molecule has 1 aromatic carbocycles. The summed E-state index contributed by atoms with van der Waals surface area (Å²) in [6.45, 7) is 4.23. The maximum atomic E-state index is 12.4. The molecule has 0 unspecified atom stereocenters. The lowest BCUT2D eigenvalue weighted by atomic mass is 10.1. The highest BCUT2D eigenvalue weighted by Crippen LogP contribution is 2.11. The first-order valence-electron chi connectivity index (χ1n) is 7.18. The maximum absolute atomic E-state index is 12.4. The van der Waals surface area contributed by atoms with E-state index in [4.69, 9.17) is 4.74 Å². The minimum atomic E-state index is 0.215. The van der Waals surface area contributed by atoms with Crippen LogP contribution in [0.1, 0.15) is 5.56 Å². The van der Waals surface area contributed by atoms with Gasteiger partial charge in [-0.1, -0.05) is 30.3 Å². The van der Waals surface area contributed by atoms with Gasteiger partial charge in [0.25, 0.3) is 0 Å². The average Bonchev–Trinajstić information content (AvgIpc) is 2.62. The molecule has 1 saturated heterocycles. The lowest BCUT2D eigenvalue weighted by Gasteiger charge is -2.23. The van der Waals surface area contributed by atoms with E-state index in [2.05, 4.69) is 11.9 Å².